The molecular weight excluding hydrogens is 347 g/mol. The average Bonchev–Trinajstić information content (AvgIpc) is 2.39. The highest BCUT2D eigenvalue weighted by atomic mass is 127. The summed E-state index contributed by atoms with van der Waals surface area (Å²) in [7, 11) is 0. The number of benzene rings is 2. The first kappa shape index (κ1) is 12.6. The van der Waals surface area contributed by atoms with Crippen molar-refractivity contribution in [2.75, 3.05) is 0 Å². The number of Topliss-reactive ketones (excluding diaryl/α,β-unsaturated/α-hetero) is 1. The lowest BCUT2D eigenvalue weighted by atomic mass is 10.0. The van der Waals surface area contributed by atoms with Crippen LogP contribution in [0.4, 0.5) is 0 Å². The molecule has 0 aromatic heterocycles. The summed E-state index contributed by atoms with van der Waals surface area (Å²) in [5.74, 6) is -0.0529. The molecule has 0 aliphatic rings. The molecule has 0 saturated heterocycles. The van der Waals surface area contributed by atoms with Crippen LogP contribution in [0.15, 0.2) is 54.6 Å². The van der Waals surface area contributed by atoms with Gasteiger partial charge in [-0.05, 0) is 34.2 Å². The number of rotatable bonds is 3. The summed E-state index contributed by atoms with van der Waals surface area (Å²) < 4.78 is 0.927. The predicted molar refractivity (Wildman–Crippen MR) is 78.5 cm³/mol. The van der Waals surface area contributed by atoms with Gasteiger partial charge in [0.1, 0.15) is 5.38 Å². The Morgan fingerprint density at radius 3 is 2.24 bits per heavy atom. The van der Waals surface area contributed by atoms with Crippen molar-refractivity contribution in [3.05, 3.63) is 69.3 Å². The zero-order chi connectivity index (χ0) is 12.3. The summed E-state index contributed by atoms with van der Waals surface area (Å²) in [6, 6.07) is 16.9. The molecule has 0 fully saturated rings. The molecule has 0 N–H and O–H groups in total. The number of halogens is 2. The van der Waals surface area contributed by atoms with Gasteiger partial charge in [0.15, 0.2) is 5.78 Å². The smallest absolute Gasteiger partial charge is 0.186 e. The third-order valence-corrected chi connectivity index (χ3v) is 3.85. The first-order valence-electron chi connectivity index (χ1n) is 5.18. The van der Waals surface area contributed by atoms with Crippen LogP contribution in [0.25, 0.3) is 0 Å². The van der Waals surface area contributed by atoms with Gasteiger partial charge >= 0.3 is 0 Å². The molecule has 0 aliphatic heterocycles. The van der Waals surface area contributed by atoms with Gasteiger partial charge in [0, 0.05) is 9.13 Å². The first-order valence-corrected chi connectivity index (χ1v) is 6.69. The standard InChI is InChI=1S/C14H10ClIO/c15-13(10-6-2-1-3-7-10)14(17)11-8-4-5-9-12(11)16/h1-9,13H. The van der Waals surface area contributed by atoms with Gasteiger partial charge in [-0.15, -0.1) is 11.6 Å². The van der Waals surface area contributed by atoms with Gasteiger partial charge < -0.3 is 0 Å². The van der Waals surface area contributed by atoms with Gasteiger partial charge in [-0.1, -0.05) is 48.5 Å². The molecule has 0 radical (unpaired) electrons. The summed E-state index contributed by atoms with van der Waals surface area (Å²) in [4.78, 5) is 12.2. The summed E-state index contributed by atoms with van der Waals surface area (Å²) in [6.07, 6.45) is 0. The molecule has 2 aromatic rings. The van der Waals surface area contributed by atoms with E-state index in [0.29, 0.717) is 5.56 Å². The summed E-state index contributed by atoms with van der Waals surface area (Å²) in [5.41, 5.74) is 1.51. The number of alkyl halides is 1. The Kier molecular flexibility index (Phi) is 4.18. The topological polar surface area (TPSA) is 17.1 Å². The Hall–Kier alpha value is -0.870. The third-order valence-electron chi connectivity index (χ3n) is 2.46. The Balaban J connectivity index is 2.30. The largest absolute Gasteiger partial charge is 0.292 e. The fourth-order valence-corrected chi connectivity index (χ4v) is 2.49. The van der Waals surface area contributed by atoms with Gasteiger partial charge in [-0.25, -0.2) is 0 Å². The van der Waals surface area contributed by atoms with Crippen LogP contribution in [0.2, 0.25) is 0 Å². The SMILES string of the molecule is O=C(c1ccccc1I)C(Cl)c1ccccc1. The lowest BCUT2D eigenvalue weighted by molar-refractivity contribution is 0.0986. The predicted octanol–water partition coefficient (Wildman–Crippen LogP) is 4.45. The minimum absolute atomic E-state index is 0.0529. The summed E-state index contributed by atoms with van der Waals surface area (Å²) >= 11 is 8.36. The molecule has 1 atom stereocenters. The third kappa shape index (κ3) is 2.87. The van der Waals surface area contributed by atoms with Crippen molar-refractivity contribution in [1.29, 1.82) is 0 Å². The van der Waals surface area contributed by atoms with E-state index in [1.807, 2.05) is 54.6 Å². The highest BCUT2D eigenvalue weighted by molar-refractivity contribution is 14.1. The molecule has 1 nitrogen and oxygen atoms in total. The van der Waals surface area contributed by atoms with Crippen LogP contribution in [0.3, 0.4) is 0 Å². The van der Waals surface area contributed by atoms with E-state index >= 15 is 0 Å². The normalized spacial score (nSPS) is 12.1. The lowest BCUT2D eigenvalue weighted by Crippen LogP contribution is -2.09. The molecule has 0 aliphatic carbocycles. The van der Waals surface area contributed by atoms with E-state index in [9.17, 15) is 4.79 Å². The monoisotopic (exact) mass is 356 g/mol. The highest BCUT2D eigenvalue weighted by Crippen LogP contribution is 2.26. The molecule has 1 unspecified atom stereocenters. The molecule has 0 saturated carbocycles. The van der Waals surface area contributed by atoms with Crippen molar-refractivity contribution in [2.45, 2.75) is 5.38 Å². The Morgan fingerprint density at radius 2 is 1.59 bits per heavy atom. The number of carbonyl (C=O) groups is 1. The fraction of sp³-hybridized carbons (Fsp3) is 0.0714. The van der Waals surface area contributed by atoms with Crippen LogP contribution >= 0.6 is 34.2 Å². The number of hydrogen-bond acceptors (Lipinski definition) is 1. The second-order valence-corrected chi connectivity index (χ2v) is 5.22. The zero-order valence-electron chi connectivity index (χ0n) is 8.94. The van der Waals surface area contributed by atoms with Crippen molar-refractivity contribution in [3.63, 3.8) is 0 Å². The maximum absolute atomic E-state index is 12.2. The van der Waals surface area contributed by atoms with Crippen molar-refractivity contribution in [2.24, 2.45) is 0 Å². The van der Waals surface area contributed by atoms with E-state index in [1.165, 1.54) is 0 Å². The van der Waals surface area contributed by atoms with E-state index in [2.05, 4.69) is 22.6 Å². The van der Waals surface area contributed by atoms with E-state index in [4.69, 9.17) is 11.6 Å². The Morgan fingerprint density at radius 1 is 1.00 bits per heavy atom. The van der Waals surface area contributed by atoms with Crippen molar-refractivity contribution < 1.29 is 4.79 Å². The van der Waals surface area contributed by atoms with E-state index in [1.54, 1.807) is 0 Å². The summed E-state index contributed by atoms with van der Waals surface area (Å²) in [6.45, 7) is 0. The van der Waals surface area contributed by atoms with Crippen LogP contribution in [-0.4, -0.2) is 5.78 Å². The van der Waals surface area contributed by atoms with E-state index < -0.39 is 5.38 Å². The lowest BCUT2D eigenvalue weighted by Gasteiger charge is -2.10. The van der Waals surface area contributed by atoms with Gasteiger partial charge in [0.05, 0.1) is 0 Å². The molecular formula is C14H10ClIO. The molecule has 3 heteroatoms. The average molecular weight is 357 g/mol. The van der Waals surface area contributed by atoms with Crippen molar-refractivity contribution in [1.82, 2.24) is 0 Å². The molecule has 2 aromatic carbocycles. The minimum Gasteiger partial charge on any atom is -0.292 e. The van der Waals surface area contributed by atoms with E-state index in [-0.39, 0.29) is 5.78 Å². The fourth-order valence-electron chi connectivity index (χ4n) is 1.57. The van der Waals surface area contributed by atoms with E-state index in [0.717, 1.165) is 9.13 Å². The number of ketones is 1. The van der Waals surface area contributed by atoms with Gasteiger partial charge in [0.2, 0.25) is 0 Å². The molecule has 17 heavy (non-hydrogen) atoms. The molecule has 0 amide bonds. The quantitative estimate of drug-likeness (QED) is 0.451. The van der Waals surface area contributed by atoms with Crippen LogP contribution in [0.1, 0.15) is 21.3 Å². The second-order valence-electron chi connectivity index (χ2n) is 3.62. The van der Waals surface area contributed by atoms with Crippen molar-refractivity contribution >= 4 is 40.0 Å². The summed E-state index contributed by atoms with van der Waals surface area (Å²) in [5, 5.41) is -0.618. The zero-order valence-corrected chi connectivity index (χ0v) is 11.9. The molecule has 0 heterocycles. The highest BCUT2D eigenvalue weighted by Gasteiger charge is 2.20. The number of hydrogen-bond donors (Lipinski definition) is 0. The van der Waals surface area contributed by atoms with Crippen molar-refractivity contribution in [3.8, 4) is 0 Å². The Labute approximate surface area is 119 Å². The minimum atomic E-state index is -0.618. The van der Waals surface area contributed by atoms with Gasteiger partial charge in [-0.3, -0.25) is 4.79 Å². The van der Waals surface area contributed by atoms with Crippen LogP contribution in [0.5, 0.6) is 0 Å². The van der Waals surface area contributed by atoms with Gasteiger partial charge in [0.25, 0.3) is 0 Å². The number of carbonyl (C=O) groups excluding carboxylic acids is 1. The molecule has 2 rings (SSSR count). The maximum Gasteiger partial charge on any atom is 0.186 e. The second kappa shape index (κ2) is 5.65. The molecule has 0 bridgehead atoms. The first-order chi connectivity index (χ1) is 8.20. The van der Waals surface area contributed by atoms with Crippen LogP contribution < -0.4 is 0 Å². The molecule has 0 spiro atoms. The maximum atomic E-state index is 12.2. The van der Waals surface area contributed by atoms with Crippen LogP contribution in [-0.2, 0) is 0 Å². The van der Waals surface area contributed by atoms with Crippen LogP contribution in [0, 0.1) is 3.57 Å². The molecule has 86 valence electrons. The van der Waals surface area contributed by atoms with Gasteiger partial charge in [-0.2, -0.15) is 0 Å². The Bertz CT molecular complexity index is 525.